The molecule has 3 aromatic rings. The molecule has 2 amide bonds. The van der Waals surface area contributed by atoms with Crippen molar-refractivity contribution in [3.05, 3.63) is 88.9 Å². The fourth-order valence-electron chi connectivity index (χ4n) is 4.37. The van der Waals surface area contributed by atoms with Gasteiger partial charge >= 0.3 is 0 Å². The highest BCUT2D eigenvalue weighted by atomic mass is 35.5. The van der Waals surface area contributed by atoms with Crippen molar-refractivity contribution in [1.29, 1.82) is 0 Å². The molecular weight excluding hydrogens is 574 g/mol. The quantitative estimate of drug-likeness (QED) is 0.247. The van der Waals surface area contributed by atoms with E-state index < -0.39 is 28.5 Å². The molecule has 0 spiro atoms. The van der Waals surface area contributed by atoms with E-state index in [2.05, 4.69) is 5.32 Å². The average molecular weight is 614 g/mol. The van der Waals surface area contributed by atoms with E-state index in [1.807, 2.05) is 34.6 Å². The minimum absolute atomic E-state index is 0.0188. The molecule has 0 aromatic heterocycles. The Morgan fingerprint density at radius 2 is 1.55 bits per heavy atom. The zero-order valence-electron chi connectivity index (χ0n) is 24.8. The molecular formula is C32H40ClN3O5S. The fraction of sp³-hybridized carbons (Fsp3) is 0.375. The van der Waals surface area contributed by atoms with E-state index in [9.17, 15) is 18.0 Å². The number of rotatable bonds is 14. The monoisotopic (exact) mass is 613 g/mol. The summed E-state index contributed by atoms with van der Waals surface area (Å²) in [5.74, 6) is -0.0266. The maximum atomic E-state index is 14.1. The van der Waals surface area contributed by atoms with Gasteiger partial charge in [-0.25, -0.2) is 8.42 Å². The molecule has 0 saturated heterocycles. The van der Waals surface area contributed by atoms with Crippen molar-refractivity contribution in [3.63, 3.8) is 0 Å². The van der Waals surface area contributed by atoms with Gasteiger partial charge in [-0.15, -0.1) is 0 Å². The van der Waals surface area contributed by atoms with Crippen LogP contribution in [0.2, 0.25) is 5.02 Å². The first kappa shape index (κ1) is 32.9. The molecule has 226 valence electrons. The SMILES string of the molecule is CCOc1ccc(S(=O)(=O)N(CC(=O)N(Cc2ccc(Cl)cc2)C(CC)C(=O)NCC(C)C)c2ccc(C)cc2)cc1. The van der Waals surface area contributed by atoms with Crippen LogP contribution in [0.25, 0.3) is 0 Å². The standard InChI is InChI=1S/C32H40ClN3O5S/c1-6-30(32(38)34-20-23(3)4)35(21-25-10-12-26(33)13-11-25)31(37)22-36(27-14-8-24(5)9-15-27)42(39,40)29-18-16-28(17-19-29)41-7-2/h8-19,23,30H,6-7,20-22H2,1-5H3,(H,34,38). The number of carbonyl (C=O) groups is 2. The molecule has 0 fully saturated rings. The molecule has 1 N–H and O–H groups in total. The molecule has 0 bridgehead atoms. The van der Waals surface area contributed by atoms with Gasteiger partial charge in [-0.05, 0) is 80.3 Å². The number of nitrogens with zero attached hydrogens (tertiary/aromatic N) is 2. The molecule has 3 rings (SSSR count). The minimum atomic E-state index is -4.17. The molecule has 0 saturated carbocycles. The van der Waals surface area contributed by atoms with Crippen LogP contribution in [0.4, 0.5) is 5.69 Å². The normalized spacial score (nSPS) is 12.1. The van der Waals surface area contributed by atoms with Crippen molar-refractivity contribution in [2.75, 3.05) is 24.0 Å². The zero-order valence-corrected chi connectivity index (χ0v) is 26.4. The Bertz CT molecular complexity index is 1430. The summed E-state index contributed by atoms with van der Waals surface area (Å²) in [4.78, 5) is 28.9. The lowest BCUT2D eigenvalue weighted by molar-refractivity contribution is -0.140. The first-order chi connectivity index (χ1) is 20.0. The van der Waals surface area contributed by atoms with E-state index in [4.69, 9.17) is 16.3 Å². The molecule has 3 aromatic carbocycles. The summed E-state index contributed by atoms with van der Waals surface area (Å²) >= 11 is 6.08. The number of anilines is 1. The van der Waals surface area contributed by atoms with Crippen LogP contribution in [0.3, 0.4) is 0 Å². The first-order valence-electron chi connectivity index (χ1n) is 14.1. The van der Waals surface area contributed by atoms with Crippen LogP contribution in [-0.4, -0.2) is 50.9 Å². The van der Waals surface area contributed by atoms with E-state index in [0.717, 1.165) is 15.4 Å². The van der Waals surface area contributed by atoms with Crippen molar-refractivity contribution in [2.24, 2.45) is 5.92 Å². The number of ether oxygens (including phenoxy) is 1. The number of aryl methyl sites for hydroxylation is 1. The van der Waals surface area contributed by atoms with Crippen molar-refractivity contribution >= 4 is 39.1 Å². The summed E-state index contributed by atoms with van der Waals surface area (Å²) in [5.41, 5.74) is 2.05. The summed E-state index contributed by atoms with van der Waals surface area (Å²) in [6.07, 6.45) is 0.347. The number of hydrogen-bond donors (Lipinski definition) is 1. The highest BCUT2D eigenvalue weighted by Gasteiger charge is 2.33. The smallest absolute Gasteiger partial charge is 0.264 e. The predicted octanol–water partition coefficient (Wildman–Crippen LogP) is 5.82. The third-order valence-electron chi connectivity index (χ3n) is 6.66. The van der Waals surface area contributed by atoms with Crippen molar-refractivity contribution in [2.45, 2.75) is 58.5 Å². The highest BCUT2D eigenvalue weighted by molar-refractivity contribution is 7.92. The number of carbonyl (C=O) groups excluding carboxylic acids is 2. The van der Waals surface area contributed by atoms with Crippen LogP contribution in [0, 0.1) is 12.8 Å². The topological polar surface area (TPSA) is 96.0 Å². The van der Waals surface area contributed by atoms with E-state index in [1.54, 1.807) is 60.7 Å². The Kier molecular flexibility index (Phi) is 11.8. The number of amides is 2. The van der Waals surface area contributed by atoms with Gasteiger partial charge < -0.3 is 15.0 Å². The average Bonchev–Trinajstić information content (AvgIpc) is 2.96. The van der Waals surface area contributed by atoms with Crippen LogP contribution in [-0.2, 0) is 26.2 Å². The van der Waals surface area contributed by atoms with E-state index in [0.29, 0.717) is 36.0 Å². The van der Waals surface area contributed by atoms with Gasteiger partial charge in [0.1, 0.15) is 18.3 Å². The molecule has 0 aliphatic heterocycles. The number of nitrogens with one attached hydrogen (secondary N) is 1. The van der Waals surface area contributed by atoms with Crippen LogP contribution in [0.5, 0.6) is 5.75 Å². The van der Waals surface area contributed by atoms with Gasteiger partial charge in [-0.2, -0.15) is 0 Å². The Balaban J connectivity index is 2.03. The number of halogens is 1. The van der Waals surface area contributed by atoms with Crippen LogP contribution in [0.15, 0.2) is 77.7 Å². The summed E-state index contributed by atoms with van der Waals surface area (Å²) in [6.45, 7) is 10.1. The van der Waals surface area contributed by atoms with Gasteiger partial charge in [0.2, 0.25) is 11.8 Å². The number of hydrogen-bond acceptors (Lipinski definition) is 5. The molecule has 1 unspecified atom stereocenters. The largest absolute Gasteiger partial charge is 0.494 e. The van der Waals surface area contributed by atoms with Gasteiger partial charge in [0.05, 0.1) is 17.2 Å². The third kappa shape index (κ3) is 8.72. The number of sulfonamides is 1. The lowest BCUT2D eigenvalue weighted by Gasteiger charge is -2.33. The van der Waals surface area contributed by atoms with E-state index >= 15 is 0 Å². The predicted molar refractivity (Wildman–Crippen MR) is 167 cm³/mol. The fourth-order valence-corrected chi connectivity index (χ4v) is 5.91. The zero-order chi connectivity index (χ0) is 30.9. The molecule has 42 heavy (non-hydrogen) atoms. The lowest BCUT2D eigenvalue weighted by Crippen LogP contribution is -2.52. The lowest BCUT2D eigenvalue weighted by atomic mass is 10.1. The maximum absolute atomic E-state index is 14.1. The summed E-state index contributed by atoms with van der Waals surface area (Å²) in [5, 5.41) is 3.48. The highest BCUT2D eigenvalue weighted by Crippen LogP contribution is 2.27. The molecule has 0 radical (unpaired) electrons. The molecule has 1 atom stereocenters. The second kappa shape index (κ2) is 15.1. The van der Waals surface area contributed by atoms with Crippen LogP contribution >= 0.6 is 11.6 Å². The number of benzene rings is 3. The third-order valence-corrected chi connectivity index (χ3v) is 8.70. The summed E-state index contributed by atoms with van der Waals surface area (Å²) in [6, 6.07) is 19.2. The van der Waals surface area contributed by atoms with Gasteiger partial charge in [0.15, 0.2) is 0 Å². The molecule has 0 heterocycles. The van der Waals surface area contributed by atoms with Gasteiger partial charge in [0, 0.05) is 18.1 Å². The van der Waals surface area contributed by atoms with E-state index in [-0.39, 0.29) is 23.3 Å². The molecule has 8 nitrogen and oxygen atoms in total. The molecule has 0 aliphatic carbocycles. The summed E-state index contributed by atoms with van der Waals surface area (Å²) in [7, 11) is -4.17. The van der Waals surface area contributed by atoms with Crippen molar-refractivity contribution in [1.82, 2.24) is 10.2 Å². The van der Waals surface area contributed by atoms with Gasteiger partial charge in [-0.3, -0.25) is 13.9 Å². The van der Waals surface area contributed by atoms with Crippen LogP contribution < -0.4 is 14.4 Å². The van der Waals surface area contributed by atoms with E-state index in [1.165, 1.54) is 17.0 Å². The minimum Gasteiger partial charge on any atom is -0.494 e. The summed E-state index contributed by atoms with van der Waals surface area (Å²) < 4.78 is 34.6. The van der Waals surface area contributed by atoms with Gasteiger partial charge in [-0.1, -0.05) is 62.2 Å². The Morgan fingerprint density at radius 1 is 0.929 bits per heavy atom. The van der Waals surface area contributed by atoms with Crippen molar-refractivity contribution < 1.29 is 22.7 Å². The molecule has 0 aliphatic rings. The van der Waals surface area contributed by atoms with Gasteiger partial charge in [0.25, 0.3) is 10.0 Å². The Hall–Kier alpha value is -3.56. The molecule has 10 heteroatoms. The Morgan fingerprint density at radius 3 is 2.10 bits per heavy atom. The van der Waals surface area contributed by atoms with Crippen LogP contribution in [0.1, 0.15) is 45.2 Å². The second-order valence-electron chi connectivity index (χ2n) is 10.5. The second-order valence-corrected chi connectivity index (χ2v) is 12.8. The first-order valence-corrected chi connectivity index (χ1v) is 15.9. The maximum Gasteiger partial charge on any atom is 0.264 e. The van der Waals surface area contributed by atoms with Crippen molar-refractivity contribution in [3.8, 4) is 5.75 Å². The Labute approximate surface area is 254 Å².